The van der Waals surface area contributed by atoms with E-state index in [2.05, 4.69) is 30.8 Å². The third kappa shape index (κ3) is 5.90. The van der Waals surface area contributed by atoms with E-state index >= 15 is 0 Å². The molecule has 1 aromatic carbocycles. The number of anilines is 1. The second kappa shape index (κ2) is 10.9. The van der Waals surface area contributed by atoms with Crippen LogP contribution in [-0.2, 0) is 21.5 Å². The van der Waals surface area contributed by atoms with Crippen LogP contribution < -0.4 is 5.32 Å². The molecule has 0 saturated carbocycles. The fourth-order valence-corrected chi connectivity index (χ4v) is 3.65. The number of nitrogens with zero attached hydrogens (tertiary/aromatic N) is 7. The SMILES string of the molecule is CCCOC(=O)Cn1nnnc1-c1cccc(NC(=O)c2cc(-n3cnc(C(C)(C)C)c3)c(C)cc2F)n1. The molecule has 12 heteroatoms. The van der Waals surface area contributed by atoms with Crippen LogP contribution in [0.2, 0.25) is 0 Å². The van der Waals surface area contributed by atoms with Gasteiger partial charge in [-0.15, -0.1) is 5.10 Å². The molecule has 4 aromatic rings. The van der Waals surface area contributed by atoms with Crippen molar-refractivity contribution in [3.8, 4) is 17.2 Å². The molecule has 0 unspecified atom stereocenters. The van der Waals surface area contributed by atoms with Crippen LogP contribution in [-0.4, -0.2) is 53.2 Å². The summed E-state index contributed by atoms with van der Waals surface area (Å²) in [5.41, 5.74) is 2.17. The molecule has 0 aliphatic carbocycles. The number of ether oxygens (including phenoxy) is 1. The van der Waals surface area contributed by atoms with Crippen LogP contribution in [0.4, 0.5) is 10.2 Å². The molecule has 0 bridgehead atoms. The highest BCUT2D eigenvalue weighted by molar-refractivity contribution is 6.04. The van der Waals surface area contributed by atoms with Gasteiger partial charge in [-0.05, 0) is 53.6 Å². The maximum atomic E-state index is 14.9. The first-order valence-corrected chi connectivity index (χ1v) is 12.1. The molecule has 1 amide bonds. The smallest absolute Gasteiger partial charge is 0.327 e. The average molecular weight is 521 g/mol. The van der Waals surface area contributed by atoms with Crippen LogP contribution in [0.1, 0.15) is 55.7 Å². The standard InChI is InChI=1S/C26H29FN8O3/c1-6-10-38-23(36)14-35-24(31-32-33-35)19-8-7-9-22(29-19)30-25(37)17-12-20(16(2)11-18(17)27)34-13-21(28-15-34)26(3,4)5/h7-9,11-13,15H,6,10,14H2,1-5H3,(H,29,30,37). The number of hydrogen-bond acceptors (Lipinski definition) is 8. The summed E-state index contributed by atoms with van der Waals surface area (Å²) in [7, 11) is 0. The predicted molar refractivity (Wildman–Crippen MR) is 137 cm³/mol. The Bertz CT molecular complexity index is 1470. The van der Waals surface area contributed by atoms with Gasteiger partial charge >= 0.3 is 5.97 Å². The largest absolute Gasteiger partial charge is 0.464 e. The summed E-state index contributed by atoms with van der Waals surface area (Å²) in [4.78, 5) is 33.9. The van der Waals surface area contributed by atoms with Gasteiger partial charge in [0.2, 0.25) is 5.82 Å². The number of benzene rings is 1. The van der Waals surface area contributed by atoms with Gasteiger partial charge in [-0.3, -0.25) is 9.59 Å². The number of hydrogen-bond donors (Lipinski definition) is 1. The van der Waals surface area contributed by atoms with Gasteiger partial charge in [0.15, 0.2) is 0 Å². The van der Waals surface area contributed by atoms with E-state index in [9.17, 15) is 14.0 Å². The Morgan fingerprint density at radius 1 is 1.18 bits per heavy atom. The van der Waals surface area contributed by atoms with Gasteiger partial charge in [-0.2, -0.15) is 0 Å². The number of aromatic nitrogens is 7. The fraction of sp³-hybridized carbons (Fsp3) is 0.346. The minimum atomic E-state index is -0.674. The third-order valence-electron chi connectivity index (χ3n) is 5.66. The predicted octanol–water partition coefficient (Wildman–Crippen LogP) is 3.87. The molecule has 38 heavy (non-hydrogen) atoms. The first-order chi connectivity index (χ1) is 18.1. The van der Waals surface area contributed by atoms with Crippen molar-refractivity contribution in [2.24, 2.45) is 0 Å². The Morgan fingerprint density at radius 3 is 2.68 bits per heavy atom. The molecule has 3 aromatic heterocycles. The average Bonchev–Trinajstić information content (AvgIpc) is 3.53. The molecule has 0 fully saturated rings. The monoisotopic (exact) mass is 520 g/mol. The minimum absolute atomic E-state index is 0.146. The highest BCUT2D eigenvalue weighted by atomic mass is 19.1. The van der Waals surface area contributed by atoms with Crippen molar-refractivity contribution < 1.29 is 18.7 Å². The van der Waals surface area contributed by atoms with E-state index in [1.165, 1.54) is 16.8 Å². The number of rotatable bonds is 8. The van der Waals surface area contributed by atoms with Crippen molar-refractivity contribution in [2.75, 3.05) is 11.9 Å². The lowest BCUT2D eigenvalue weighted by Crippen LogP contribution is -2.17. The summed E-state index contributed by atoms with van der Waals surface area (Å²) in [5.74, 6) is -1.44. The van der Waals surface area contributed by atoms with Gasteiger partial charge in [-0.1, -0.05) is 33.8 Å². The van der Waals surface area contributed by atoms with Gasteiger partial charge in [-0.25, -0.2) is 19.0 Å². The molecule has 3 heterocycles. The van der Waals surface area contributed by atoms with Crippen LogP contribution in [0, 0.1) is 12.7 Å². The van der Waals surface area contributed by atoms with Crippen LogP contribution in [0.25, 0.3) is 17.2 Å². The first-order valence-electron chi connectivity index (χ1n) is 12.1. The van der Waals surface area contributed by atoms with Crippen molar-refractivity contribution in [3.63, 3.8) is 0 Å². The van der Waals surface area contributed by atoms with Crippen LogP contribution in [0.3, 0.4) is 0 Å². The van der Waals surface area contributed by atoms with Gasteiger partial charge < -0.3 is 14.6 Å². The molecule has 11 nitrogen and oxygen atoms in total. The normalized spacial score (nSPS) is 11.4. The van der Waals surface area contributed by atoms with E-state index in [0.717, 1.165) is 5.69 Å². The number of esters is 1. The van der Waals surface area contributed by atoms with Gasteiger partial charge in [0.25, 0.3) is 5.91 Å². The Kier molecular flexibility index (Phi) is 7.60. The van der Waals surface area contributed by atoms with Crippen molar-refractivity contribution in [2.45, 2.75) is 53.0 Å². The second-order valence-corrected chi connectivity index (χ2v) is 9.78. The van der Waals surface area contributed by atoms with Crippen molar-refractivity contribution >= 4 is 17.7 Å². The molecule has 0 aliphatic heterocycles. The zero-order chi connectivity index (χ0) is 27.4. The van der Waals surface area contributed by atoms with E-state index in [1.807, 2.05) is 33.9 Å². The summed E-state index contributed by atoms with van der Waals surface area (Å²) in [6.45, 7) is 9.91. The Hall–Kier alpha value is -4.48. The minimum Gasteiger partial charge on any atom is -0.464 e. The van der Waals surface area contributed by atoms with E-state index < -0.39 is 17.7 Å². The van der Waals surface area contributed by atoms with Crippen LogP contribution >= 0.6 is 0 Å². The number of pyridine rings is 1. The Balaban J connectivity index is 1.57. The quantitative estimate of drug-likeness (QED) is 0.347. The highest BCUT2D eigenvalue weighted by Gasteiger charge is 2.20. The fourth-order valence-electron chi connectivity index (χ4n) is 3.65. The number of carbonyl (C=O) groups excluding carboxylic acids is 2. The zero-order valence-electron chi connectivity index (χ0n) is 21.9. The molecule has 4 rings (SSSR count). The van der Waals surface area contributed by atoms with Crippen molar-refractivity contribution in [3.05, 3.63) is 65.5 Å². The van der Waals surface area contributed by atoms with Gasteiger partial charge in [0.05, 0.1) is 29.9 Å². The molecule has 198 valence electrons. The maximum Gasteiger partial charge on any atom is 0.327 e. The number of imidazole rings is 1. The number of aryl methyl sites for hydroxylation is 1. The highest BCUT2D eigenvalue weighted by Crippen LogP contribution is 2.25. The lowest BCUT2D eigenvalue weighted by atomic mass is 9.93. The molecule has 1 N–H and O–H groups in total. The molecule has 0 spiro atoms. The third-order valence-corrected chi connectivity index (χ3v) is 5.66. The van der Waals surface area contributed by atoms with E-state index in [1.54, 1.807) is 36.0 Å². The zero-order valence-corrected chi connectivity index (χ0v) is 21.9. The lowest BCUT2D eigenvalue weighted by Gasteiger charge is -2.15. The lowest BCUT2D eigenvalue weighted by molar-refractivity contribution is -0.144. The molecule has 0 saturated heterocycles. The molecular formula is C26H29FN8O3. The van der Waals surface area contributed by atoms with E-state index in [0.29, 0.717) is 30.0 Å². The van der Waals surface area contributed by atoms with Gasteiger partial charge in [0.1, 0.15) is 23.9 Å². The van der Waals surface area contributed by atoms with Crippen molar-refractivity contribution in [1.82, 2.24) is 34.7 Å². The Morgan fingerprint density at radius 2 is 1.97 bits per heavy atom. The summed E-state index contributed by atoms with van der Waals surface area (Å²) in [5, 5.41) is 14.0. The van der Waals surface area contributed by atoms with E-state index in [-0.39, 0.29) is 29.2 Å². The summed E-state index contributed by atoms with van der Waals surface area (Å²) < 4.78 is 23.0. The number of nitrogens with one attached hydrogen (secondary N) is 1. The number of carbonyl (C=O) groups is 2. The van der Waals surface area contributed by atoms with Gasteiger partial charge in [0, 0.05) is 11.6 Å². The number of halogens is 1. The van der Waals surface area contributed by atoms with Crippen molar-refractivity contribution in [1.29, 1.82) is 0 Å². The van der Waals surface area contributed by atoms with Crippen LogP contribution in [0.15, 0.2) is 42.9 Å². The number of amides is 1. The topological polar surface area (TPSA) is 130 Å². The van der Waals surface area contributed by atoms with Crippen LogP contribution in [0.5, 0.6) is 0 Å². The second-order valence-electron chi connectivity index (χ2n) is 9.78. The number of tetrazole rings is 1. The maximum absolute atomic E-state index is 14.9. The molecule has 0 radical (unpaired) electrons. The van der Waals surface area contributed by atoms with E-state index in [4.69, 9.17) is 4.74 Å². The summed E-state index contributed by atoms with van der Waals surface area (Å²) in [6, 6.07) is 7.63. The first kappa shape index (κ1) is 26.6. The molecular weight excluding hydrogens is 491 g/mol. The molecule has 0 aliphatic rings. The Labute approximate surface area is 219 Å². The summed E-state index contributed by atoms with van der Waals surface area (Å²) >= 11 is 0. The summed E-state index contributed by atoms with van der Waals surface area (Å²) in [6.07, 6.45) is 4.21. The molecule has 0 atom stereocenters.